The molecule has 1 aromatic rings. The first-order valence-electron chi connectivity index (χ1n) is 6.51. The van der Waals surface area contributed by atoms with Crippen LogP contribution in [0, 0.1) is 0 Å². The second-order valence-electron chi connectivity index (χ2n) is 4.82. The maximum Gasteiger partial charge on any atom is 0.153 e. The summed E-state index contributed by atoms with van der Waals surface area (Å²) in [5.41, 5.74) is 0.939. The van der Waals surface area contributed by atoms with Gasteiger partial charge in [-0.15, -0.1) is 5.10 Å². The van der Waals surface area contributed by atoms with E-state index in [0.717, 1.165) is 29.7 Å². The third-order valence-corrected chi connectivity index (χ3v) is 4.36. The number of aromatic nitrogens is 3. The Morgan fingerprint density at radius 2 is 2.17 bits per heavy atom. The summed E-state index contributed by atoms with van der Waals surface area (Å²) >= 11 is 3.49. The number of aryl methyl sites for hydroxylation is 1. The summed E-state index contributed by atoms with van der Waals surface area (Å²) < 4.78 is 8.75. The Kier molecular flexibility index (Phi) is 4.40. The van der Waals surface area contributed by atoms with Crippen molar-refractivity contribution < 1.29 is 4.74 Å². The van der Waals surface area contributed by atoms with E-state index in [9.17, 15) is 0 Å². The predicted octanol–water partition coefficient (Wildman–Crippen LogP) is 2.19. The van der Waals surface area contributed by atoms with Gasteiger partial charge in [0, 0.05) is 13.7 Å². The van der Waals surface area contributed by atoms with Gasteiger partial charge in [0.05, 0.1) is 17.3 Å². The Morgan fingerprint density at radius 3 is 2.61 bits per heavy atom. The Morgan fingerprint density at radius 1 is 1.50 bits per heavy atom. The minimum Gasteiger partial charge on any atom is -0.373 e. The number of hydrogen-bond donors (Lipinski definition) is 1. The van der Waals surface area contributed by atoms with Crippen LogP contribution in [-0.2, 0) is 11.8 Å². The quantitative estimate of drug-likeness (QED) is 0.904. The van der Waals surface area contributed by atoms with Crippen molar-refractivity contribution in [3.8, 4) is 0 Å². The zero-order chi connectivity index (χ0) is 13.2. The Labute approximate surface area is 116 Å². The van der Waals surface area contributed by atoms with Crippen molar-refractivity contribution in [1.29, 1.82) is 0 Å². The molecule has 1 atom stereocenters. The predicted molar refractivity (Wildman–Crippen MR) is 73.3 cm³/mol. The molecule has 18 heavy (non-hydrogen) atoms. The molecular weight excluding hydrogens is 296 g/mol. The molecule has 1 heterocycles. The van der Waals surface area contributed by atoms with Gasteiger partial charge in [-0.25, -0.2) is 4.68 Å². The molecule has 1 saturated carbocycles. The molecule has 1 N–H and O–H groups in total. The second-order valence-corrected chi connectivity index (χ2v) is 5.57. The zero-order valence-electron chi connectivity index (χ0n) is 11.2. The lowest BCUT2D eigenvalue weighted by Crippen LogP contribution is -2.44. The summed E-state index contributed by atoms with van der Waals surface area (Å²) in [5.74, 6) is 0. The summed E-state index contributed by atoms with van der Waals surface area (Å²) in [4.78, 5) is 0. The third kappa shape index (κ3) is 2.33. The van der Waals surface area contributed by atoms with Crippen LogP contribution in [0.5, 0.6) is 0 Å². The van der Waals surface area contributed by atoms with Crippen LogP contribution in [-0.4, -0.2) is 34.2 Å². The summed E-state index contributed by atoms with van der Waals surface area (Å²) in [6.07, 6.45) is 4.62. The minimum atomic E-state index is -0.124. The molecule has 1 aliphatic carbocycles. The van der Waals surface area contributed by atoms with Crippen LogP contribution in [0.4, 0.5) is 0 Å². The number of likely N-dealkylation sites (N-methyl/N-ethyl adjacent to an activating group) is 1. The Balaban J connectivity index is 2.37. The van der Waals surface area contributed by atoms with Crippen molar-refractivity contribution in [3.63, 3.8) is 0 Å². The van der Waals surface area contributed by atoms with Crippen molar-refractivity contribution in [3.05, 3.63) is 10.3 Å². The normalized spacial score (nSPS) is 20.2. The molecule has 0 saturated heterocycles. The lowest BCUT2D eigenvalue weighted by molar-refractivity contribution is -0.0628. The lowest BCUT2D eigenvalue weighted by atomic mass is 9.89. The maximum absolute atomic E-state index is 6.13. The van der Waals surface area contributed by atoms with E-state index in [0.29, 0.717) is 0 Å². The van der Waals surface area contributed by atoms with Gasteiger partial charge in [-0.2, -0.15) is 0 Å². The summed E-state index contributed by atoms with van der Waals surface area (Å²) in [6, 6.07) is 0.120. The Hall–Kier alpha value is -0.460. The number of hydrogen-bond acceptors (Lipinski definition) is 4. The molecule has 0 amide bonds. The van der Waals surface area contributed by atoms with Crippen molar-refractivity contribution in [1.82, 2.24) is 20.3 Å². The first kappa shape index (κ1) is 14.0. The van der Waals surface area contributed by atoms with Gasteiger partial charge in [-0.1, -0.05) is 18.1 Å². The number of halogens is 1. The van der Waals surface area contributed by atoms with E-state index in [2.05, 4.69) is 38.5 Å². The summed E-state index contributed by atoms with van der Waals surface area (Å²) in [5, 5.41) is 11.6. The molecule has 6 heteroatoms. The van der Waals surface area contributed by atoms with Crippen LogP contribution in [0.1, 0.15) is 44.3 Å². The van der Waals surface area contributed by atoms with E-state index in [4.69, 9.17) is 4.74 Å². The third-order valence-electron chi connectivity index (χ3n) is 3.80. The standard InChI is InChI=1S/C12H21BrN4O/c1-4-18-12(7-5-6-8-12)10(14-2)9-11(13)15-16-17(9)3/h10,14H,4-8H2,1-3H3. The van der Waals surface area contributed by atoms with Crippen LogP contribution >= 0.6 is 15.9 Å². The fraction of sp³-hybridized carbons (Fsp3) is 0.833. The van der Waals surface area contributed by atoms with Gasteiger partial charge in [-0.3, -0.25) is 0 Å². The molecule has 1 fully saturated rings. The zero-order valence-corrected chi connectivity index (χ0v) is 12.8. The van der Waals surface area contributed by atoms with Crippen molar-refractivity contribution in [2.24, 2.45) is 7.05 Å². The highest BCUT2D eigenvalue weighted by atomic mass is 79.9. The van der Waals surface area contributed by atoms with Gasteiger partial charge in [0.1, 0.15) is 0 Å². The highest BCUT2D eigenvalue weighted by molar-refractivity contribution is 9.10. The number of nitrogens with zero attached hydrogens (tertiary/aromatic N) is 3. The average Bonchev–Trinajstić information content (AvgIpc) is 2.93. The van der Waals surface area contributed by atoms with Gasteiger partial charge in [-0.05, 0) is 42.7 Å². The molecule has 2 rings (SSSR count). The highest BCUT2D eigenvalue weighted by Gasteiger charge is 2.44. The van der Waals surface area contributed by atoms with E-state index < -0.39 is 0 Å². The Bertz CT molecular complexity index is 381. The largest absolute Gasteiger partial charge is 0.373 e. The smallest absolute Gasteiger partial charge is 0.153 e. The fourth-order valence-electron chi connectivity index (χ4n) is 3.07. The van der Waals surface area contributed by atoms with Gasteiger partial charge < -0.3 is 10.1 Å². The molecule has 1 aliphatic rings. The fourth-order valence-corrected chi connectivity index (χ4v) is 3.63. The number of rotatable bonds is 5. The lowest BCUT2D eigenvalue weighted by Gasteiger charge is -2.37. The highest BCUT2D eigenvalue weighted by Crippen LogP contribution is 2.43. The average molecular weight is 317 g/mol. The van der Waals surface area contributed by atoms with Crippen LogP contribution < -0.4 is 5.32 Å². The van der Waals surface area contributed by atoms with Crippen LogP contribution in [0.15, 0.2) is 4.60 Å². The molecular formula is C12H21BrN4O. The topological polar surface area (TPSA) is 52.0 Å². The van der Waals surface area contributed by atoms with Gasteiger partial charge in [0.2, 0.25) is 0 Å². The summed E-state index contributed by atoms with van der Waals surface area (Å²) in [7, 11) is 3.90. The van der Waals surface area contributed by atoms with Crippen molar-refractivity contribution in [2.75, 3.05) is 13.7 Å². The SMILES string of the molecule is CCOC1(C(NC)c2c(Br)nnn2C)CCCC1. The minimum absolute atomic E-state index is 0.120. The van der Waals surface area contributed by atoms with E-state index in [1.165, 1.54) is 12.8 Å². The van der Waals surface area contributed by atoms with Gasteiger partial charge in [0.15, 0.2) is 4.60 Å². The number of ether oxygens (including phenoxy) is 1. The molecule has 1 aromatic heterocycles. The maximum atomic E-state index is 6.13. The van der Waals surface area contributed by atoms with Crippen LogP contribution in [0.3, 0.4) is 0 Å². The first-order chi connectivity index (χ1) is 8.64. The van der Waals surface area contributed by atoms with E-state index >= 15 is 0 Å². The molecule has 0 aliphatic heterocycles. The first-order valence-corrected chi connectivity index (χ1v) is 7.30. The second kappa shape index (κ2) is 5.67. The molecule has 0 bridgehead atoms. The molecule has 0 radical (unpaired) electrons. The van der Waals surface area contributed by atoms with E-state index in [1.54, 1.807) is 0 Å². The molecule has 102 valence electrons. The van der Waals surface area contributed by atoms with Crippen molar-refractivity contribution >= 4 is 15.9 Å². The van der Waals surface area contributed by atoms with E-state index in [1.807, 2.05) is 18.8 Å². The van der Waals surface area contributed by atoms with Crippen LogP contribution in [0.2, 0.25) is 0 Å². The molecule has 0 aromatic carbocycles. The summed E-state index contributed by atoms with van der Waals surface area (Å²) in [6.45, 7) is 2.80. The van der Waals surface area contributed by atoms with Gasteiger partial charge >= 0.3 is 0 Å². The molecule has 0 spiro atoms. The van der Waals surface area contributed by atoms with Crippen LogP contribution in [0.25, 0.3) is 0 Å². The van der Waals surface area contributed by atoms with Crippen molar-refractivity contribution in [2.45, 2.75) is 44.2 Å². The van der Waals surface area contributed by atoms with E-state index in [-0.39, 0.29) is 11.6 Å². The molecule has 5 nitrogen and oxygen atoms in total. The number of nitrogens with one attached hydrogen (secondary N) is 1. The van der Waals surface area contributed by atoms with Gasteiger partial charge in [0.25, 0.3) is 0 Å². The monoisotopic (exact) mass is 316 g/mol. The molecule has 1 unspecified atom stereocenters.